The number of nitrogens with one attached hydrogen (secondary N) is 1. The largest absolute Gasteiger partial charge is 0.388 e. The van der Waals surface area contributed by atoms with Gasteiger partial charge in [-0.1, -0.05) is 30.3 Å². The third-order valence-electron chi connectivity index (χ3n) is 7.51. The number of aliphatic hydroxyl groups is 1. The van der Waals surface area contributed by atoms with Gasteiger partial charge in [0.2, 0.25) is 5.91 Å². The Bertz CT molecular complexity index is 1050. The van der Waals surface area contributed by atoms with Crippen molar-refractivity contribution in [1.82, 2.24) is 24.3 Å². The van der Waals surface area contributed by atoms with Crippen molar-refractivity contribution in [2.75, 3.05) is 70.8 Å². The van der Waals surface area contributed by atoms with Crippen LogP contribution in [0, 0.1) is 0 Å². The zero-order chi connectivity index (χ0) is 26.1. The molecule has 10 nitrogen and oxygen atoms in total. The highest BCUT2D eigenvalue weighted by Gasteiger charge is 2.34. The van der Waals surface area contributed by atoms with Crippen molar-refractivity contribution in [2.45, 2.75) is 37.8 Å². The van der Waals surface area contributed by atoms with E-state index in [9.17, 15) is 14.7 Å². The van der Waals surface area contributed by atoms with Crippen LogP contribution in [0.1, 0.15) is 24.8 Å². The first-order chi connectivity index (χ1) is 17.9. The van der Waals surface area contributed by atoms with Crippen molar-refractivity contribution in [3.8, 4) is 0 Å². The van der Waals surface area contributed by atoms with Crippen molar-refractivity contribution in [3.63, 3.8) is 0 Å². The predicted octanol–water partition coefficient (Wildman–Crippen LogP) is 0.218. The molecule has 0 saturated carbocycles. The highest BCUT2D eigenvalue weighted by molar-refractivity contribution is 5.76. The molecule has 2 aliphatic heterocycles. The number of nitrogens with two attached hydrogens (primary N) is 1. The predicted molar refractivity (Wildman–Crippen MR) is 144 cm³/mol. The number of amides is 1. The van der Waals surface area contributed by atoms with Crippen LogP contribution in [0.4, 0.5) is 5.82 Å². The van der Waals surface area contributed by atoms with Crippen molar-refractivity contribution in [3.05, 3.63) is 58.6 Å². The lowest BCUT2D eigenvalue weighted by Gasteiger charge is -2.38. The van der Waals surface area contributed by atoms with E-state index in [4.69, 9.17) is 5.73 Å². The van der Waals surface area contributed by atoms with E-state index >= 15 is 0 Å². The Morgan fingerprint density at radius 2 is 1.70 bits per heavy atom. The number of anilines is 1. The summed E-state index contributed by atoms with van der Waals surface area (Å²) in [5.74, 6) is 0.659. The van der Waals surface area contributed by atoms with Crippen LogP contribution in [0.25, 0.3) is 0 Å². The van der Waals surface area contributed by atoms with E-state index in [1.165, 1.54) is 17.0 Å². The summed E-state index contributed by atoms with van der Waals surface area (Å²) in [5, 5.41) is 14.4. The first-order valence-corrected chi connectivity index (χ1v) is 13.4. The zero-order valence-corrected chi connectivity index (χ0v) is 21.7. The fourth-order valence-electron chi connectivity index (χ4n) is 5.10. The minimum atomic E-state index is -1.03. The number of aromatic nitrogens is 2. The fraction of sp³-hybridized carbons (Fsp3) is 0.593. The van der Waals surface area contributed by atoms with Crippen LogP contribution in [-0.4, -0.2) is 106 Å². The molecule has 2 aliphatic rings. The van der Waals surface area contributed by atoms with Crippen LogP contribution in [0.2, 0.25) is 0 Å². The molecule has 1 aromatic heterocycles. The first kappa shape index (κ1) is 27.3. The lowest BCUT2D eigenvalue weighted by atomic mass is 9.91. The molecule has 2 fully saturated rings. The van der Waals surface area contributed by atoms with Gasteiger partial charge in [-0.2, -0.15) is 0 Å². The minimum Gasteiger partial charge on any atom is -0.388 e. The normalized spacial score (nSPS) is 18.6. The van der Waals surface area contributed by atoms with E-state index in [1.807, 2.05) is 35.2 Å². The molecule has 2 saturated heterocycles. The number of rotatable bonds is 11. The monoisotopic (exact) mass is 511 g/mol. The van der Waals surface area contributed by atoms with Gasteiger partial charge in [0, 0.05) is 77.9 Å². The Kier molecular flexibility index (Phi) is 9.68. The quantitative estimate of drug-likeness (QED) is 0.392. The van der Waals surface area contributed by atoms with Gasteiger partial charge in [0.15, 0.2) is 0 Å². The van der Waals surface area contributed by atoms with Gasteiger partial charge in [-0.3, -0.25) is 24.0 Å². The second-order valence-electron chi connectivity index (χ2n) is 10.2. The number of hydrogen-bond acceptors (Lipinski definition) is 8. The van der Waals surface area contributed by atoms with Gasteiger partial charge in [0.05, 0.1) is 18.5 Å². The van der Waals surface area contributed by atoms with Crippen LogP contribution < -0.4 is 16.6 Å². The number of piperidine rings is 1. The maximum Gasteiger partial charge on any atom is 0.255 e. The molecule has 0 unspecified atom stereocenters. The summed E-state index contributed by atoms with van der Waals surface area (Å²) < 4.78 is 1.47. The molecule has 37 heavy (non-hydrogen) atoms. The molecule has 2 aromatic rings. The smallest absolute Gasteiger partial charge is 0.255 e. The molecule has 1 aromatic carbocycles. The van der Waals surface area contributed by atoms with Crippen LogP contribution in [0.15, 0.2) is 47.5 Å². The summed E-state index contributed by atoms with van der Waals surface area (Å²) in [6.07, 6.45) is 3.56. The van der Waals surface area contributed by atoms with E-state index in [1.54, 1.807) is 0 Å². The molecule has 3 heterocycles. The zero-order valence-electron chi connectivity index (χ0n) is 21.7. The number of carbonyl (C=O) groups is 1. The standard InChI is InChI=1S/C27H41N7O3/c28-10-14-31-16-18-32(19-17-31)15-11-29-24-20-26(36)34(22-30-24)21-27(37)8-12-33(13-9-27)25(35)7-6-23-4-2-1-3-5-23/h1-5,20,22,29,37H,6-19,21,28H2. The molecule has 0 radical (unpaired) electrons. The Hall–Kier alpha value is -2.79. The number of likely N-dealkylation sites (tertiary alicyclic amines) is 1. The Morgan fingerprint density at radius 3 is 2.35 bits per heavy atom. The highest BCUT2D eigenvalue weighted by atomic mass is 16.3. The van der Waals surface area contributed by atoms with Gasteiger partial charge >= 0.3 is 0 Å². The van der Waals surface area contributed by atoms with E-state index in [0.717, 1.165) is 44.8 Å². The lowest BCUT2D eigenvalue weighted by Crippen LogP contribution is -2.49. The van der Waals surface area contributed by atoms with Crippen LogP contribution in [0.3, 0.4) is 0 Å². The number of aryl methyl sites for hydroxylation is 1. The summed E-state index contributed by atoms with van der Waals surface area (Å²) in [7, 11) is 0. The third-order valence-corrected chi connectivity index (χ3v) is 7.51. The first-order valence-electron chi connectivity index (χ1n) is 13.4. The van der Waals surface area contributed by atoms with Crippen molar-refractivity contribution < 1.29 is 9.90 Å². The SMILES string of the molecule is NCCN1CCN(CCNc2cc(=O)n(CC3(O)CCN(C(=O)CCc4ccccc4)CC3)cn2)CC1. The summed E-state index contributed by atoms with van der Waals surface area (Å²) in [6, 6.07) is 11.5. The molecule has 0 aliphatic carbocycles. The second kappa shape index (κ2) is 13.1. The number of nitrogens with zero attached hydrogens (tertiary/aromatic N) is 5. The van der Waals surface area contributed by atoms with Crippen LogP contribution >= 0.6 is 0 Å². The van der Waals surface area contributed by atoms with Crippen molar-refractivity contribution >= 4 is 11.7 Å². The summed E-state index contributed by atoms with van der Waals surface area (Å²) in [5.41, 5.74) is 5.57. The summed E-state index contributed by atoms with van der Waals surface area (Å²) >= 11 is 0. The maximum atomic E-state index is 12.7. The van der Waals surface area contributed by atoms with Gasteiger partial charge in [0.1, 0.15) is 5.82 Å². The lowest BCUT2D eigenvalue weighted by molar-refractivity contribution is -0.135. The van der Waals surface area contributed by atoms with Gasteiger partial charge < -0.3 is 21.1 Å². The Morgan fingerprint density at radius 1 is 1.03 bits per heavy atom. The van der Waals surface area contributed by atoms with Gasteiger partial charge in [-0.25, -0.2) is 4.98 Å². The molecule has 0 spiro atoms. The number of carbonyl (C=O) groups excluding carboxylic acids is 1. The summed E-state index contributed by atoms with van der Waals surface area (Å²) in [6.45, 7) is 8.53. The molecule has 202 valence electrons. The third kappa shape index (κ3) is 8.10. The molecule has 0 bridgehead atoms. The molecular weight excluding hydrogens is 470 g/mol. The molecule has 1 amide bonds. The van der Waals surface area contributed by atoms with E-state index < -0.39 is 5.60 Å². The van der Waals surface area contributed by atoms with E-state index in [-0.39, 0.29) is 18.0 Å². The topological polar surface area (TPSA) is 120 Å². The fourth-order valence-corrected chi connectivity index (χ4v) is 5.10. The maximum absolute atomic E-state index is 12.7. The summed E-state index contributed by atoms with van der Waals surface area (Å²) in [4.78, 5) is 36.3. The van der Waals surface area contributed by atoms with Crippen LogP contribution in [-0.2, 0) is 17.8 Å². The average molecular weight is 512 g/mol. The molecule has 4 rings (SSSR count). The molecule has 0 atom stereocenters. The molecule has 4 N–H and O–H groups in total. The average Bonchev–Trinajstić information content (AvgIpc) is 2.91. The van der Waals surface area contributed by atoms with Gasteiger partial charge in [-0.15, -0.1) is 0 Å². The van der Waals surface area contributed by atoms with Crippen molar-refractivity contribution in [1.29, 1.82) is 0 Å². The highest BCUT2D eigenvalue weighted by Crippen LogP contribution is 2.24. The van der Waals surface area contributed by atoms with Crippen molar-refractivity contribution in [2.24, 2.45) is 5.73 Å². The molecular formula is C27H41N7O3. The molecule has 10 heteroatoms. The van der Waals surface area contributed by atoms with Gasteiger partial charge in [0.25, 0.3) is 5.56 Å². The minimum absolute atomic E-state index is 0.109. The second-order valence-corrected chi connectivity index (χ2v) is 10.2. The number of hydrogen-bond donors (Lipinski definition) is 3. The number of benzene rings is 1. The Balaban J connectivity index is 1.19. The van der Waals surface area contributed by atoms with E-state index in [0.29, 0.717) is 57.7 Å². The van der Waals surface area contributed by atoms with Crippen LogP contribution in [0.5, 0.6) is 0 Å². The Labute approximate surface area is 219 Å². The number of piperazine rings is 1. The van der Waals surface area contributed by atoms with Gasteiger partial charge in [-0.05, 0) is 24.8 Å². The van der Waals surface area contributed by atoms with E-state index in [2.05, 4.69) is 20.1 Å².